The molecule has 264 valence electrons. The molecule has 4 saturated heterocycles. The van der Waals surface area contributed by atoms with E-state index in [1.807, 2.05) is 18.2 Å². The summed E-state index contributed by atoms with van der Waals surface area (Å²) in [5.41, 5.74) is 3.76. The highest BCUT2D eigenvalue weighted by atomic mass is 19.1. The summed E-state index contributed by atoms with van der Waals surface area (Å²) in [7, 11) is 1.49. The molecule has 0 amide bonds. The van der Waals surface area contributed by atoms with E-state index in [2.05, 4.69) is 43.9 Å². The lowest BCUT2D eigenvalue weighted by atomic mass is 9.56. The van der Waals surface area contributed by atoms with Gasteiger partial charge in [-0.3, -0.25) is 9.69 Å². The lowest BCUT2D eigenvalue weighted by Gasteiger charge is -2.52. The lowest BCUT2D eigenvalue weighted by molar-refractivity contribution is -0.142. The highest BCUT2D eigenvalue weighted by Crippen LogP contribution is 2.54. The molecule has 7 nitrogen and oxygen atoms in total. The number of carbonyl (C=O) groups excluding carboxylic acids is 1. The van der Waals surface area contributed by atoms with Crippen molar-refractivity contribution in [2.24, 2.45) is 23.7 Å². The van der Waals surface area contributed by atoms with E-state index in [0.717, 1.165) is 101 Å². The van der Waals surface area contributed by atoms with Crippen LogP contribution < -0.4 is 4.90 Å². The van der Waals surface area contributed by atoms with Crippen LogP contribution in [0.25, 0.3) is 0 Å². The number of rotatable bonds is 12. The number of anilines is 1. The van der Waals surface area contributed by atoms with Crippen molar-refractivity contribution in [2.45, 2.75) is 69.5 Å². The Bertz CT molecular complexity index is 1490. The number of benzene rings is 2. The second-order valence-corrected chi connectivity index (χ2v) is 15.7. The number of hydrogen-bond donors (Lipinski definition) is 0. The minimum atomic E-state index is -0.746. The van der Waals surface area contributed by atoms with Crippen LogP contribution in [0.3, 0.4) is 0 Å². The molecule has 2 aromatic carbocycles. The van der Waals surface area contributed by atoms with Gasteiger partial charge in [-0.25, -0.2) is 8.78 Å². The molecule has 5 fully saturated rings. The number of hydrogen-bond acceptors (Lipinski definition) is 7. The fraction of sp³-hybridized carbons (Fsp3) is 0.650. The Labute approximate surface area is 291 Å². The second kappa shape index (κ2) is 15.0. The van der Waals surface area contributed by atoms with Crippen molar-refractivity contribution in [3.63, 3.8) is 0 Å². The Hall–Kier alpha value is -3.06. The SMILES string of the molecule is COC(=O)C[C@H]1CCC[C@@H]1[C@](CN1CCCC1)(c1cccc(F)c1)C1CCN(CC2CN(c3ccc(C#N)c(CN4CC(F)C4)c3)C2)CC1. The van der Waals surface area contributed by atoms with E-state index in [1.54, 1.807) is 6.07 Å². The Morgan fingerprint density at radius 2 is 1.71 bits per heavy atom. The zero-order chi connectivity index (χ0) is 34.0. The Morgan fingerprint density at radius 3 is 2.41 bits per heavy atom. The molecule has 1 aliphatic carbocycles. The maximum atomic E-state index is 15.1. The van der Waals surface area contributed by atoms with Crippen LogP contribution in [-0.2, 0) is 21.5 Å². The number of piperidine rings is 1. The molecule has 0 spiro atoms. The summed E-state index contributed by atoms with van der Waals surface area (Å²) in [4.78, 5) is 22.4. The van der Waals surface area contributed by atoms with Crippen molar-refractivity contribution >= 4 is 11.7 Å². The molecule has 2 aromatic rings. The van der Waals surface area contributed by atoms with Crippen molar-refractivity contribution in [1.82, 2.24) is 14.7 Å². The molecule has 0 bridgehead atoms. The fourth-order valence-corrected chi connectivity index (χ4v) is 10.2. The molecule has 7 rings (SSSR count). The van der Waals surface area contributed by atoms with Crippen LogP contribution in [0.4, 0.5) is 14.5 Å². The monoisotopic (exact) mass is 673 g/mol. The van der Waals surface area contributed by atoms with Gasteiger partial charge in [0.05, 0.1) is 18.7 Å². The van der Waals surface area contributed by atoms with Gasteiger partial charge in [0.1, 0.15) is 12.0 Å². The van der Waals surface area contributed by atoms with E-state index in [0.29, 0.717) is 49.4 Å². The van der Waals surface area contributed by atoms with E-state index < -0.39 is 6.17 Å². The average molecular weight is 674 g/mol. The van der Waals surface area contributed by atoms with Crippen LogP contribution in [0.1, 0.15) is 68.1 Å². The lowest BCUT2D eigenvalue weighted by Crippen LogP contribution is -2.56. The number of ether oxygens (including phenoxy) is 1. The molecule has 0 aromatic heterocycles. The number of alkyl halides is 1. The Balaban J connectivity index is 1.03. The maximum Gasteiger partial charge on any atom is 0.305 e. The average Bonchev–Trinajstić information content (AvgIpc) is 3.77. The molecular weight excluding hydrogens is 620 g/mol. The molecule has 9 heteroatoms. The number of nitrogens with zero attached hydrogens (tertiary/aromatic N) is 5. The van der Waals surface area contributed by atoms with Crippen LogP contribution in [-0.4, -0.2) is 99.4 Å². The van der Waals surface area contributed by atoms with Gasteiger partial charge in [0, 0.05) is 69.3 Å². The number of esters is 1. The van der Waals surface area contributed by atoms with E-state index in [9.17, 15) is 14.4 Å². The van der Waals surface area contributed by atoms with Crippen LogP contribution in [0, 0.1) is 40.8 Å². The minimum Gasteiger partial charge on any atom is -0.469 e. The van der Waals surface area contributed by atoms with Crippen LogP contribution in [0.15, 0.2) is 42.5 Å². The molecule has 0 radical (unpaired) electrons. The smallest absolute Gasteiger partial charge is 0.305 e. The topological polar surface area (TPSA) is 63.1 Å². The number of likely N-dealkylation sites (tertiary alicyclic amines) is 3. The summed E-state index contributed by atoms with van der Waals surface area (Å²) in [6.45, 7) is 9.83. The fourth-order valence-electron chi connectivity index (χ4n) is 10.2. The first-order valence-electron chi connectivity index (χ1n) is 18.8. The summed E-state index contributed by atoms with van der Waals surface area (Å²) in [5, 5.41) is 9.64. The third-order valence-electron chi connectivity index (χ3n) is 12.7. The third-order valence-corrected chi connectivity index (χ3v) is 12.7. The first-order chi connectivity index (χ1) is 23.8. The van der Waals surface area contributed by atoms with Gasteiger partial charge < -0.3 is 19.4 Å². The van der Waals surface area contributed by atoms with Gasteiger partial charge in [0.15, 0.2) is 0 Å². The zero-order valence-corrected chi connectivity index (χ0v) is 29.2. The van der Waals surface area contributed by atoms with Crippen molar-refractivity contribution in [2.75, 3.05) is 77.5 Å². The number of carbonyl (C=O) groups is 1. The molecule has 0 N–H and O–H groups in total. The predicted octanol–water partition coefficient (Wildman–Crippen LogP) is 6.01. The van der Waals surface area contributed by atoms with Crippen LogP contribution >= 0.6 is 0 Å². The summed E-state index contributed by atoms with van der Waals surface area (Å²) in [6, 6.07) is 15.9. The van der Waals surface area contributed by atoms with Crippen LogP contribution in [0.2, 0.25) is 0 Å². The minimum absolute atomic E-state index is 0.126. The quantitative estimate of drug-likeness (QED) is 0.256. The zero-order valence-electron chi connectivity index (χ0n) is 29.2. The second-order valence-electron chi connectivity index (χ2n) is 15.7. The van der Waals surface area contributed by atoms with Crippen molar-refractivity contribution < 1.29 is 18.3 Å². The van der Waals surface area contributed by atoms with Gasteiger partial charge in [0.2, 0.25) is 0 Å². The third kappa shape index (κ3) is 7.38. The Kier molecular flexibility index (Phi) is 10.6. The van der Waals surface area contributed by atoms with Gasteiger partial charge in [-0.05, 0) is 124 Å². The number of halogens is 2. The van der Waals surface area contributed by atoms with Gasteiger partial charge in [0.25, 0.3) is 0 Å². The predicted molar refractivity (Wildman–Crippen MR) is 187 cm³/mol. The van der Waals surface area contributed by atoms with Crippen molar-refractivity contribution in [1.29, 1.82) is 5.26 Å². The van der Waals surface area contributed by atoms with E-state index in [1.165, 1.54) is 20.0 Å². The normalized spacial score (nSPS) is 25.9. The molecule has 0 unspecified atom stereocenters. The van der Waals surface area contributed by atoms with Gasteiger partial charge in [-0.1, -0.05) is 18.6 Å². The number of nitriles is 1. The standard InChI is InChI=1S/C40H53F2N5O2/c1-49-39(48)19-30-6-4-9-38(30)40(28-45-14-2-3-15-45,34-7-5-8-35(41)20-34)33-12-16-44(17-13-33)22-29-23-47(24-29)37-11-10-31(21-43)32(18-37)25-46-26-36(42)27-46/h5,7-8,10-11,18,20,29-30,33,36,38H,2-4,6,9,12-17,19,22-28H2,1H3/t30-,38+,40+/m1/s1. The van der Waals surface area contributed by atoms with E-state index in [-0.39, 0.29) is 23.1 Å². The Morgan fingerprint density at radius 1 is 0.939 bits per heavy atom. The first-order valence-corrected chi connectivity index (χ1v) is 18.8. The molecule has 5 aliphatic rings. The molecular formula is C40H53F2N5O2. The molecule has 4 aliphatic heterocycles. The summed E-state index contributed by atoms with van der Waals surface area (Å²) >= 11 is 0. The summed E-state index contributed by atoms with van der Waals surface area (Å²) in [5.74, 6) is 1.30. The molecule has 49 heavy (non-hydrogen) atoms. The summed E-state index contributed by atoms with van der Waals surface area (Å²) < 4.78 is 33.6. The molecule has 4 heterocycles. The highest BCUT2D eigenvalue weighted by Gasteiger charge is 2.52. The number of methoxy groups -OCH3 is 1. The highest BCUT2D eigenvalue weighted by molar-refractivity contribution is 5.69. The largest absolute Gasteiger partial charge is 0.469 e. The van der Waals surface area contributed by atoms with Gasteiger partial charge in [-0.15, -0.1) is 0 Å². The van der Waals surface area contributed by atoms with Gasteiger partial charge >= 0.3 is 5.97 Å². The van der Waals surface area contributed by atoms with E-state index >= 15 is 4.39 Å². The summed E-state index contributed by atoms with van der Waals surface area (Å²) in [6.07, 6.45) is 7.52. The first kappa shape index (κ1) is 34.4. The van der Waals surface area contributed by atoms with Crippen molar-refractivity contribution in [3.05, 3.63) is 65.0 Å². The molecule has 3 atom stereocenters. The van der Waals surface area contributed by atoms with Crippen molar-refractivity contribution in [3.8, 4) is 6.07 Å². The van der Waals surface area contributed by atoms with Crippen LogP contribution in [0.5, 0.6) is 0 Å². The molecule has 1 saturated carbocycles. The van der Waals surface area contributed by atoms with Gasteiger partial charge in [-0.2, -0.15) is 5.26 Å². The van der Waals surface area contributed by atoms with E-state index in [4.69, 9.17) is 4.74 Å². The maximum absolute atomic E-state index is 15.1.